The van der Waals surface area contributed by atoms with Gasteiger partial charge in [0.2, 0.25) is 0 Å². The van der Waals surface area contributed by atoms with Gasteiger partial charge in [-0.1, -0.05) is 48.5 Å². The Morgan fingerprint density at radius 2 is 1.68 bits per heavy atom. The van der Waals surface area contributed by atoms with Crippen LogP contribution >= 0.6 is 0 Å². The summed E-state index contributed by atoms with van der Waals surface area (Å²) < 4.78 is 2.13. The van der Waals surface area contributed by atoms with Crippen LogP contribution in [0.15, 0.2) is 77.9 Å². The summed E-state index contributed by atoms with van der Waals surface area (Å²) in [6.45, 7) is 4.90. The van der Waals surface area contributed by atoms with Crippen molar-refractivity contribution >= 4 is 44.7 Å². The molecule has 4 aromatic carbocycles. The van der Waals surface area contributed by atoms with Crippen LogP contribution in [0.5, 0.6) is 0 Å². The monoisotopic (exact) mass is 406 g/mol. The van der Waals surface area contributed by atoms with E-state index in [1.165, 1.54) is 0 Å². The number of carbonyl (C=O) groups excluding carboxylic acids is 1. The molecule has 5 aromatic rings. The molecule has 5 nitrogen and oxygen atoms in total. The van der Waals surface area contributed by atoms with Crippen molar-refractivity contribution in [3.8, 4) is 0 Å². The zero-order valence-corrected chi connectivity index (χ0v) is 17.5. The van der Waals surface area contributed by atoms with E-state index in [1.54, 1.807) is 6.21 Å². The predicted molar refractivity (Wildman–Crippen MR) is 127 cm³/mol. The third-order valence-electron chi connectivity index (χ3n) is 5.69. The molecule has 152 valence electrons. The smallest absolute Gasteiger partial charge is 0.271 e. The number of hydrogen-bond donors (Lipinski definition) is 1. The number of nitrogens with zero attached hydrogens (tertiary/aromatic N) is 3. The molecule has 0 radical (unpaired) electrons. The molecular weight excluding hydrogens is 384 g/mol. The maximum absolute atomic E-state index is 12.7. The lowest BCUT2D eigenvalue weighted by Crippen LogP contribution is -2.17. The van der Waals surface area contributed by atoms with Gasteiger partial charge in [0.25, 0.3) is 5.91 Å². The first-order valence-corrected chi connectivity index (χ1v) is 10.4. The van der Waals surface area contributed by atoms with Gasteiger partial charge >= 0.3 is 0 Å². The van der Waals surface area contributed by atoms with Crippen molar-refractivity contribution < 1.29 is 4.79 Å². The first-order valence-electron chi connectivity index (χ1n) is 10.4. The number of aromatic nitrogens is 2. The van der Waals surface area contributed by atoms with Crippen LogP contribution in [0.3, 0.4) is 0 Å². The Bertz CT molecular complexity index is 1430. The minimum atomic E-state index is -0.258. The maximum atomic E-state index is 12.7. The number of benzene rings is 4. The molecule has 0 aliphatic carbocycles. The molecule has 5 rings (SSSR count). The fraction of sp³-hybridized carbons (Fsp3) is 0.115. The van der Waals surface area contributed by atoms with Crippen LogP contribution in [0.2, 0.25) is 0 Å². The molecule has 5 heteroatoms. The zero-order chi connectivity index (χ0) is 21.4. The largest absolute Gasteiger partial charge is 0.329 e. The zero-order valence-electron chi connectivity index (χ0n) is 17.5. The highest BCUT2D eigenvalue weighted by atomic mass is 16.2. The van der Waals surface area contributed by atoms with Crippen LogP contribution in [0.1, 0.15) is 28.7 Å². The molecule has 0 saturated heterocycles. The number of imidazole rings is 1. The van der Waals surface area contributed by atoms with Crippen molar-refractivity contribution in [1.29, 1.82) is 0 Å². The SMILES string of the molecule is CCn1c(C)nc2cc(C(=O)NN=Cc3c4ccccc4cc4ccccc34)ccc21. The molecule has 1 N–H and O–H groups in total. The number of carbonyl (C=O) groups is 1. The second kappa shape index (κ2) is 7.69. The van der Waals surface area contributed by atoms with E-state index in [0.717, 1.165) is 50.5 Å². The molecule has 0 aliphatic rings. The third kappa shape index (κ3) is 3.34. The normalized spacial score (nSPS) is 11.7. The molecule has 1 aromatic heterocycles. The number of hydrogen-bond acceptors (Lipinski definition) is 3. The number of hydrazone groups is 1. The van der Waals surface area contributed by atoms with Gasteiger partial charge in [-0.15, -0.1) is 0 Å². The second-order valence-corrected chi connectivity index (χ2v) is 7.54. The van der Waals surface area contributed by atoms with Gasteiger partial charge in [-0.3, -0.25) is 4.79 Å². The van der Waals surface area contributed by atoms with Crippen LogP contribution < -0.4 is 5.43 Å². The van der Waals surface area contributed by atoms with Gasteiger partial charge in [-0.2, -0.15) is 5.10 Å². The lowest BCUT2D eigenvalue weighted by atomic mass is 9.97. The molecular formula is C26H22N4O. The highest BCUT2D eigenvalue weighted by Crippen LogP contribution is 2.27. The first-order chi connectivity index (χ1) is 15.2. The quantitative estimate of drug-likeness (QED) is 0.246. The summed E-state index contributed by atoms with van der Waals surface area (Å²) in [5.41, 5.74) is 6.04. The van der Waals surface area contributed by atoms with Gasteiger partial charge in [0.1, 0.15) is 5.82 Å². The van der Waals surface area contributed by atoms with Crippen molar-refractivity contribution in [2.45, 2.75) is 20.4 Å². The molecule has 0 aliphatic heterocycles. The summed E-state index contributed by atoms with van der Waals surface area (Å²) >= 11 is 0. The van der Waals surface area contributed by atoms with Crippen LogP contribution in [0.25, 0.3) is 32.6 Å². The fourth-order valence-corrected chi connectivity index (χ4v) is 4.20. The molecule has 0 atom stereocenters. The van der Waals surface area contributed by atoms with E-state index in [1.807, 2.05) is 49.4 Å². The average molecular weight is 406 g/mol. The van der Waals surface area contributed by atoms with Gasteiger partial charge in [0.05, 0.1) is 17.2 Å². The minimum absolute atomic E-state index is 0.258. The van der Waals surface area contributed by atoms with Crippen LogP contribution in [0, 0.1) is 6.92 Å². The van der Waals surface area contributed by atoms with Crippen molar-refractivity contribution in [3.05, 3.63) is 89.7 Å². The van der Waals surface area contributed by atoms with Gasteiger partial charge in [0.15, 0.2) is 0 Å². The first kappa shape index (κ1) is 19.0. The van der Waals surface area contributed by atoms with Crippen molar-refractivity contribution in [2.75, 3.05) is 0 Å². The molecule has 0 saturated carbocycles. The van der Waals surface area contributed by atoms with Gasteiger partial charge in [-0.05, 0) is 59.7 Å². The van der Waals surface area contributed by atoms with E-state index >= 15 is 0 Å². The Morgan fingerprint density at radius 3 is 2.35 bits per heavy atom. The summed E-state index contributed by atoms with van der Waals surface area (Å²) in [5, 5.41) is 8.76. The molecule has 0 fully saturated rings. The van der Waals surface area contributed by atoms with E-state index in [9.17, 15) is 4.79 Å². The van der Waals surface area contributed by atoms with Crippen LogP contribution in [-0.4, -0.2) is 21.7 Å². The Balaban J connectivity index is 1.47. The Hall–Kier alpha value is -3.99. The summed E-state index contributed by atoms with van der Waals surface area (Å²) in [5.74, 6) is 0.683. The third-order valence-corrected chi connectivity index (χ3v) is 5.69. The van der Waals surface area contributed by atoms with Gasteiger partial charge < -0.3 is 4.57 Å². The molecule has 0 unspecified atom stereocenters. The number of aryl methyl sites for hydroxylation is 2. The van der Waals surface area contributed by atoms with Crippen molar-refractivity contribution in [2.24, 2.45) is 5.10 Å². The van der Waals surface area contributed by atoms with E-state index in [4.69, 9.17) is 0 Å². The summed E-state index contributed by atoms with van der Waals surface area (Å²) in [7, 11) is 0. The fourth-order valence-electron chi connectivity index (χ4n) is 4.20. The Morgan fingerprint density at radius 1 is 1.00 bits per heavy atom. The second-order valence-electron chi connectivity index (χ2n) is 7.54. The van der Waals surface area contributed by atoms with E-state index in [2.05, 4.69) is 57.3 Å². The highest BCUT2D eigenvalue weighted by Gasteiger charge is 2.11. The maximum Gasteiger partial charge on any atom is 0.271 e. The van der Waals surface area contributed by atoms with E-state index in [0.29, 0.717) is 5.56 Å². The molecule has 1 heterocycles. The summed E-state index contributed by atoms with van der Waals surface area (Å²) in [6, 6.07) is 24.1. The summed E-state index contributed by atoms with van der Waals surface area (Å²) in [6.07, 6.45) is 1.73. The molecule has 0 spiro atoms. The van der Waals surface area contributed by atoms with Crippen LogP contribution in [-0.2, 0) is 6.54 Å². The summed E-state index contributed by atoms with van der Waals surface area (Å²) in [4.78, 5) is 17.3. The Labute approximate surface area is 180 Å². The Kier molecular flexibility index (Phi) is 4.71. The molecule has 31 heavy (non-hydrogen) atoms. The predicted octanol–water partition coefficient (Wildman–Crippen LogP) is 5.43. The van der Waals surface area contributed by atoms with Crippen molar-refractivity contribution in [3.63, 3.8) is 0 Å². The molecule has 1 amide bonds. The van der Waals surface area contributed by atoms with E-state index < -0.39 is 0 Å². The lowest BCUT2D eigenvalue weighted by molar-refractivity contribution is 0.0955. The average Bonchev–Trinajstić information content (AvgIpc) is 3.12. The van der Waals surface area contributed by atoms with Gasteiger partial charge in [-0.25, -0.2) is 10.4 Å². The number of amides is 1. The lowest BCUT2D eigenvalue weighted by Gasteiger charge is -2.08. The van der Waals surface area contributed by atoms with Gasteiger partial charge in [0, 0.05) is 17.7 Å². The standard InChI is InChI=1S/C26H22N4O/c1-3-30-17(2)28-24-15-20(12-13-25(24)30)26(31)29-27-16-23-21-10-6-4-8-18(21)14-19-9-5-7-11-22(19)23/h4-16H,3H2,1-2H3,(H,29,31). The number of nitrogens with one attached hydrogen (secondary N) is 1. The van der Waals surface area contributed by atoms with Crippen LogP contribution in [0.4, 0.5) is 0 Å². The van der Waals surface area contributed by atoms with E-state index in [-0.39, 0.29) is 5.91 Å². The topological polar surface area (TPSA) is 59.3 Å². The highest BCUT2D eigenvalue weighted by molar-refractivity contribution is 6.13. The molecule has 0 bridgehead atoms. The number of rotatable bonds is 4. The van der Waals surface area contributed by atoms with Crippen molar-refractivity contribution in [1.82, 2.24) is 15.0 Å². The minimum Gasteiger partial charge on any atom is -0.329 e. The number of fused-ring (bicyclic) bond motifs is 3.